The van der Waals surface area contributed by atoms with E-state index < -0.39 is 26.5 Å². The predicted molar refractivity (Wildman–Crippen MR) is 454 cm³/mol. The number of carbonyl (C=O) groups is 2. The maximum Gasteiger partial charge on any atom is 0.472 e. The number of phosphoric acid groups is 1. The van der Waals surface area contributed by atoms with E-state index in [1.807, 2.05) is 21.1 Å². The van der Waals surface area contributed by atoms with Gasteiger partial charge in [0.25, 0.3) is 0 Å². The minimum atomic E-state index is -4.41. The highest BCUT2D eigenvalue weighted by Gasteiger charge is 2.27. The summed E-state index contributed by atoms with van der Waals surface area (Å²) in [7, 11) is 1.46. The molecule has 0 radical (unpaired) electrons. The van der Waals surface area contributed by atoms with Gasteiger partial charge in [0, 0.05) is 12.8 Å². The zero-order chi connectivity index (χ0) is 75.4. The van der Waals surface area contributed by atoms with Crippen LogP contribution in [0.3, 0.4) is 0 Å². The van der Waals surface area contributed by atoms with Gasteiger partial charge >= 0.3 is 19.8 Å². The van der Waals surface area contributed by atoms with Crippen LogP contribution in [0.5, 0.6) is 0 Å². The van der Waals surface area contributed by atoms with Crippen molar-refractivity contribution in [3.8, 4) is 0 Å². The van der Waals surface area contributed by atoms with Gasteiger partial charge in [-0.3, -0.25) is 18.6 Å². The average Bonchev–Trinajstić information content (AvgIpc) is 0.915. The third-order valence-electron chi connectivity index (χ3n) is 19.2. The summed E-state index contributed by atoms with van der Waals surface area (Å²) < 4.78 is 34.8. The number of ether oxygens (including phenoxy) is 2. The summed E-state index contributed by atoms with van der Waals surface area (Å²) in [6.45, 7) is 4.34. The lowest BCUT2D eigenvalue weighted by Crippen LogP contribution is -2.37. The molecule has 0 amide bonds. The summed E-state index contributed by atoms with van der Waals surface area (Å²) in [6.07, 6.45) is 122. The average molecular weight is 1470 g/mol. The van der Waals surface area contributed by atoms with Crippen molar-refractivity contribution in [1.29, 1.82) is 0 Å². The SMILES string of the molecule is CC/C=C\C/C=C\C/C=C\C/C=C\C/C=C\C/C=C\C/C=C\C/C=C\C/C=C\C/C=C\C/C=C\CCCCCCCC(=O)OC(COC(=O)CCCCCCCCCCCCCCCCCCCCCCCCCCCCCCCCCCCCCCCCCCC)COP(=O)(O)OCC[N+](C)(C)C. The summed E-state index contributed by atoms with van der Waals surface area (Å²) in [4.78, 5) is 36.0. The second-order valence-corrected chi connectivity index (χ2v) is 32.0. The lowest BCUT2D eigenvalue weighted by Gasteiger charge is -2.24. The standard InChI is InChI=1S/C94H166NO8P/c1-6-8-10-12-14-16-18-20-22-24-26-28-30-32-34-36-38-40-42-44-46-47-49-50-52-54-56-58-60-62-64-66-68-70-72-74-76-78-80-82-84-86-93(96)100-90-92(91-102-104(98,99)101-89-88-95(3,4)5)103-94(97)87-85-83-81-79-77-75-73-71-69-67-65-63-61-59-57-55-53-51-48-45-43-41-39-37-35-33-31-29-27-25-23-21-19-17-15-13-11-9-7-2/h9,11,15,17,21,23,27,29,33,35,39,41,45,48,53,55,59,61,65,67,71,73,92H,6-8,10,12-14,16,18-20,22,24-26,28,30-32,34,36-38,40,42-44,46-47,49-52,54,56-58,60,62-64,66,68-70,72,74-91H2,1-5H3/p+1/b11-9-,17-15-,23-21-,29-27-,35-33-,41-39-,48-45-,55-53-,61-59-,67-65-,73-71-. The lowest BCUT2D eigenvalue weighted by molar-refractivity contribution is -0.870. The largest absolute Gasteiger partial charge is 0.472 e. The summed E-state index contributed by atoms with van der Waals surface area (Å²) in [5, 5.41) is 0. The molecule has 0 bridgehead atoms. The number of rotatable bonds is 81. The van der Waals surface area contributed by atoms with Crippen LogP contribution in [-0.4, -0.2) is 74.9 Å². The van der Waals surface area contributed by atoms with E-state index >= 15 is 0 Å². The molecule has 104 heavy (non-hydrogen) atoms. The van der Waals surface area contributed by atoms with Crippen molar-refractivity contribution in [2.75, 3.05) is 47.5 Å². The number of allylic oxidation sites excluding steroid dienone is 22. The van der Waals surface area contributed by atoms with Crippen molar-refractivity contribution in [2.24, 2.45) is 0 Å². The van der Waals surface area contributed by atoms with Gasteiger partial charge in [0.2, 0.25) is 0 Å². The van der Waals surface area contributed by atoms with Gasteiger partial charge in [-0.25, -0.2) is 4.57 Å². The normalized spacial score (nSPS) is 13.6. The molecule has 0 saturated carbocycles. The molecule has 10 heteroatoms. The molecule has 0 aromatic rings. The van der Waals surface area contributed by atoms with Gasteiger partial charge in [0.15, 0.2) is 6.10 Å². The van der Waals surface area contributed by atoms with Crippen LogP contribution in [0.15, 0.2) is 134 Å². The zero-order valence-electron chi connectivity index (χ0n) is 68.7. The smallest absolute Gasteiger partial charge is 0.462 e. The number of esters is 2. The molecule has 0 fully saturated rings. The molecule has 0 heterocycles. The zero-order valence-corrected chi connectivity index (χ0v) is 69.6. The molecule has 0 aliphatic heterocycles. The van der Waals surface area contributed by atoms with Gasteiger partial charge in [-0.1, -0.05) is 424 Å². The van der Waals surface area contributed by atoms with Crippen molar-refractivity contribution in [1.82, 2.24) is 0 Å². The van der Waals surface area contributed by atoms with E-state index in [1.54, 1.807) is 0 Å². The minimum absolute atomic E-state index is 0.0228. The molecule has 0 aliphatic rings. The summed E-state index contributed by atoms with van der Waals surface area (Å²) >= 11 is 0. The van der Waals surface area contributed by atoms with Crippen LogP contribution in [0.25, 0.3) is 0 Å². The van der Waals surface area contributed by atoms with Gasteiger partial charge in [-0.05, 0) is 96.3 Å². The van der Waals surface area contributed by atoms with Gasteiger partial charge in [-0.15, -0.1) is 0 Å². The molecule has 0 rings (SSSR count). The highest BCUT2D eigenvalue weighted by Crippen LogP contribution is 2.43. The van der Waals surface area contributed by atoms with E-state index in [9.17, 15) is 19.0 Å². The fourth-order valence-corrected chi connectivity index (χ4v) is 13.3. The Morgan fingerprint density at radius 2 is 0.548 bits per heavy atom. The Morgan fingerprint density at radius 3 is 0.817 bits per heavy atom. The first kappa shape index (κ1) is 100. The van der Waals surface area contributed by atoms with Gasteiger partial charge in [0.1, 0.15) is 19.8 Å². The molecule has 0 saturated heterocycles. The number of hydrogen-bond acceptors (Lipinski definition) is 7. The number of hydrogen-bond donors (Lipinski definition) is 1. The molecule has 9 nitrogen and oxygen atoms in total. The van der Waals surface area contributed by atoms with Crippen LogP contribution >= 0.6 is 7.82 Å². The first-order chi connectivity index (χ1) is 51.0. The van der Waals surface area contributed by atoms with E-state index in [-0.39, 0.29) is 32.0 Å². The van der Waals surface area contributed by atoms with Crippen molar-refractivity contribution in [3.63, 3.8) is 0 Å². The second kappa shape index (κ2) is 83.2. The maximum absolute atomic E-state index is 12.9. The fourth-order valence-electron chi connectivity index (χ4n) is 12.6. The third-order valence-corrected chi connectivity index (χ3v) is 20.2. The number of carbonyl (C=O) groups excluding carboxylic acids is 2. The Balaban J connectivity index is 3.98. The van der Waals surface area contributed by atoms with Gasteiger partial charge in [0.05, 0.1) is 27.7 Å². The molecule has 2 unspecified atom stereocenters. The van der Waals surface area contributed by atoms with Crippen LogP contribution in [0, 0.1) is 0 Å². The van der Waals surface area contributed by atoms with Crippen LogP contribution in [0.1, 0.15) is 399 Å². The number of unbranched alkanes of at least 4 members (excludes halogenated alkanes) is 45. The van der Waals surface area contributed by atoms with Crippen LogP contribution in [0.4, 0.5) is 0 Å². The van der Waals surface area contributed by atoms with Crippen LogP contribution < -0.4 is 0 Å². The first-order valence-electron chi connectivity index (χ1n) is 43.9. The first-order valence-corrected chi connectivity index (χ1v) is 45.4. The van der Waals surface area contributed by atoms with E-state index in [4.69, 9.17) is 18.5 Å². The maximum atomic E-state index is 12.9. The minimum Gasteiger partial charge on any atom is -0.462 e. The number of likely N-dealkylation sites (N-methyl/N-ethyl adjacent to an activating group) is 1. The van der Waals surface area contributed by atoms with Crippen molar-refractivity contribution in [2.45, 2.75) is 405 Å². The Bertz CT molecular complexity index is 2230. The quantitative estimate of drug-likeness (QED) is 0.0211. The van der Waals surface area contributed by atoms with Crippen molar-refractivity contribution in [3.05, 3.63) is 134 Å². The van der Waals surface area contributed by atoms with Crippen molar-refractivity contribution >= 4 is 19.8 Å². The third kappa shape index (κ3) is 87.1. The fraction of sp³-hybridized carbons (Fsp3) is 0.745. The Kier molecular flexibility index (Phi) is 80.1. The number of nitrogens with zero attached hydrogens (tertiary/aromatic N) is 1. The highest BCUT2D eigenvalue weighted by molar-refractivity contribution is 7.47. The van der Waals surface area contributed by atoms with Crippen LogP contribution in [0.2, 0.25) is 0 Å². The molecule has 0 aromatic carbocycles. The molecule has 1 N–H and O–H groups in total. The predicted octanol–water partition coefficient (Wildman–Crippen LogP) is 29.8. The van der Waals surface area contributed by atoms with E-state index in [0.717, 1.165) is 122 Å². The van der Waals surface area contributed by atoms with Crippen molar-refractivity contribution < 1.29 is 42.1 Å². The number of phosphoric ester groups is 1. The van der Waals surface area contributed by atoms with Gasteiger partial charge < -0.3 is 18.9 Å². The molecule has 2 atom stereocenters. The second-order valence-electron chi connectivity index (χ2n) is 30.6. The molecule has 600 valence electrons. The molecule has 0 aromatic heterocycles. The van der Waals surface area contributed by atoms with Crippen LogP contribution in [-0.2, 0) is 32.7 Å². The monoisotopic (exact) mass is 1470 g/mol. The summed E-state index contributed by atoms with van der Waals surface area (Å²) in [5.41, 5.74) is 0. The topological polar surface area (TPSA) is 108 Å². The van der Waals surface area contributed by atoms with E-state index in [2.05, 4.69) is 148 Å². The van der Waals surface area contributed by atoms with E-state index in [1.165, 1.54) is 244 Å². The Labute approximate surface area is 644 Å². The highest BCUT2D eigenvalue weighted by atomic mass is 31.2. The Hall–Kier alpha value is -3.85. The molecular weight excluding hydrogens is 1300 g/mol. The molecular formula is C94H167NO8P+. The summed E-state index contributed by atoms with van der Waals surface area (Å²) in [5.74, 6) is -0.812. The van der Waals surface area contributed by atoms with Gasteiger partial charge in [-0.2, -0.15) is 0 Å². The van der Waals surface area contributed by atoms with E-state index in [0.29, 0.717) is 17.4 Å². The number of quaternary nitrogens is 1. The summed E-state index contributed by atoms with van der Waals surface area (Å²) in [6, 6.07) is 0. The lowest BCUT2D eigenvalue weighted by atomic mass is 10.0. The molecule has 0 aliphatic carbocycles. The Morgan fingerprint density at radius 1 is 0.308 bits per heavy atom. The molecule has 0 spiro atoms.